The van der Waals surface area contributed by atoms with Gasteiger partial charge in [0.2, 0.25) is 0 Å². The molecule has 170 valence electrons. The zero-order valence-electron chi connectivity index (χ0n) is 16.5. The average Bonchev–Trinajstić information content (AvgIpc) is 3.08. The third kappa shape index (κ3) is 6.92. The minimum Gasteiger partial charge on any atom is -0.399 e. The first-order chi connectivity index (χ1) is 14.5. The van der Waals surface area contributed by atoms with Crippen molar-refractivity contribution in [1.82, 2.24) is 14.8 Å². The predicted octanol–water partition coefficient (Wildman–Crippen LogP) is 2.64. The quantitative estimate of drug-likeness (QED) is 0.402. The number of anilines is 1. The van der Waals surface area contributed by atoms with E-state index in [4.69, 9.17) is 11.6 Å². The maximum Gasteiger partial charge on any atom is 0.390 e. The van der Waals surface area contributed by atoms with Gasteiger partial charge in [-0.25, -0.2) is 13.1 Å². The summed E-state index contributed by atoms with van der Waals surface area (Å²) in [5.41, 5.74) is 0.117. The van der Waals surface area contributed by atoms with Crippen molar-refractivity contribution < 1.29 is 31.2 Å². The molecule has 1 amide bonds. The minimum absolute atomic E-state index is 0.0443. The molecule has 0 radical (unpaired) electrons. The molecule has 0 atom stereocenters. The van der Waals surface area contributed by atoms with Crippen LogP contribution in [0.15, 0.2) is 35.9 Å². The molecule has 2 aromatic heterocycles. The second-order valence-electron chi connectivity index (χ2n) is 6.19. The van der Waals surface area contributed by atoms with Gasteiger partial charge >= 0.3 is 6.18 Å². The number of pyridine rings is 1. The van der Waals surface area contributed by atoms with E-state index in [9.17, 15) is 26.4 Å². The number of carbonyl (C=O) groups is 1. The smallest absolute Gasteiger partial charge is 0.390 e. The Morgan fingerprint density at radius 2 is 2.10 bits per heavy atom. The lowest BCUT2D eigenvalue weighted by atomic mass is 10.3. The molecule has 2 rings (SSSR count). The molecule has 0 fully saturated rings. The lowest BCUT2D eigenvalue weighted by Crippen LogP contribution is -2.40. The van der Waals surface area contributed by atoms with Crippen LogP contribution in [0, 0.1) is 0 Å². The van der Waals surface area contributed by atoms with Gasteiger partial charge in [0.25, 0.3) is 5.91 Å². The average molecular weight is 482 g/mol. The highest BCUT2D eigenvalue weighted by Gasteiger charge is 2.33. The largest absolute Gasteiger partial charge is 0.399 e. The van der Waals surface area contributed by atoms with Crippen molar-refractivity contribution in [2.75, 3.05) is 30.1 Å². The number of hydrogen-bond donors (Lipinski definition) is 0. The van der Waals surface area contributed by atoms with Crippen molar-refractivity contribution in [2.24, 2.45) is 5.16 Å². The van der Waals surface area contributed by atoms with Crippen LogP contribution in [0.25, 0.3) is 5.69 Å². The molecule has 0 aliphatic carbocycles. The van der Waals surface area contributed by atoms with E-state index in [2.05, 4.69) is 20.1 Å². The molecule has 14 heteroatoms. The second-order valence-corrected chi connectivity index (χ2v) is 8.73. The fourth-order valence-corrected chi connectivity index (χ4v) is 4.03. The number of rotatable bonds is 9. The molecule has 0 aromatic carbocycles. The molecule has 0 bridgehead atoms. The highest BCUT2D eigenvalue weighted by molar-refractivity contribution is 7.92. The van der Waals surface area contributed by atoms with Gasteiger partial charge in [0.1, 0.15) is 18.6 Å². The van der Waals surface area contributed by atoms with Crippen molar-refractivity contribution in [3.63, 3.8) is 0 Å². The Bertz CT molecular complexity index is 1040. The van der Waals surface area contributed by atoms with E-state index >= 15 is 0 Å². The number of carbonyl (C=O) groups excluding carboxylic acids is 1. The highest BCUT2D eigenvalue weighted by Crippen LogP contribution is 2.26. The van der Waals surface area contributed by atoms with Gasteiger partial charge in [-0.2, -0.15) is 18.3 Å². The van der Waals surface area contributed by atoms with E-state index < -0.39 is 45.6 Å². The molecular formula is C17H19ClF3N5O4S. The summed E-state index contributed by atoms with van der Waals surface area (Å²) in [6.45, 7) is 1.64. The van der Waals surface area contributed by atoms with Crippen LogP contribution in [0.3, 0.4) is 0 Å². The van der Waals surface area contributed by atoms with Crippen LogP contribution in [0.4, 0.5) is 18.9 Å². The first-order valence-corrected chi connectivity index (χ1v) is 11.0. The summed E-state index contributed by atoms with van der Waals surface area (Å²) in [7, 11) is -3.21. The van der Waals surface area contributed by atoms with Crippen molar-refractivity contribution in [3.8, 4) is 5.69 Å². The zero-order chi connectivity index (χ0) is 23.2. The number of sulfone groups is 1. The van der Waals surface area contributed by atoms with Crippen molar-refractivity contribution in [3.05, 3.63) is 35.9 Å². The first-order valence-electron chi connectivity index (χ1n) is 8.82. The minimum atomic E-state index is -4.65. The Morgan fingerprint density at radius 3 is 2.65 bits per heavy atom. The third-order valence-electron chi connectivity index (χ3n) is 3.92. The van der Waals surface area contributed by atoms with Crippen LogP contribution in [0.2, 0.25) is 5.15 Å². The lowest BCUT2D eigenvalue weighted by molar-refractivity contribution is -0.129. The Balaban J connectivity index is 2.30. The Hall–Kier alpha value is -2.67. The van der Waals surface area contributed by atoms with Crippen LogP contribution in [0.1, 0.15) is 13.3 Å². The molecule has 0 aliphatic rings. The van der Waals surface area contributed by atoms with Gasteiger partial charge < -0.3 is 9.74 Å². The van der Waals surface area contributed by atoms with Gasteiger partial charge in [-0.3, -0.25) is 9.78 Å². The molecule has 0 saturated heterocycles. The summed E-state index contributed by atoms with van der Waals surface area (Å²) in [6.07, 6.45) is -1.69. The van der Waals surface area contributed by atoms with Crippen LogP contribution < -0.4 is 4.90 Å². The maximum absolute atomic E-state index is 13.0. The number of hydrogen-bond acceptors (Lipinski definition) is 7. The lowest BCUT2D eigenvalue weighted by Gasteiger charge is -2.20. The van der Waals surface area contributed by atoms with E-state index in [-0.39, 0.29) is 17.4 Å². The molecule has 0 N–H and O–H groups in total. The number of halogens is 4. The number of aromatic nitrogens is 3. The zero-order valence-corrected chi connectivity index (χ0v) is 18.1. The highest BCUT2D eigenvalue weighted by atomic mass is 35.5. The summed E-state index contributed by atoms with van der Waals surface area (Å²) in [6, 6.07) is 3.37. The van der Waals surface area contributed by atoms with Crippen LogP contribution in [-0.2, 0) is 19.5 Å². The summed E-state index contributed by atoms with van der Waals surface area (Å²) in [5, 5.41) is 7.47. The van der Waals surface area contributed by atoms with Gasteiger partial charge in [0.05, 0.1) is 30.3 Å². The van der Waals surface area contributed by atoms with Crippen LogP contribution in [-0.4, -0.2) is 66.1 Å². The maximum atomic E-state index is 13.0. The molecule has 9 nitrogen and oxygen atoms in total. The topological polar surface area (TPSA) is 107 Å². The van der Waals surface area contributed by atoms with Crippen LogP contribution in [0.5, 0.6) is 0 Å². The van der Waals surface area contributed by atoms with Gasteiger partial charge in [0.15, 0.2) is 20.7 Å². The fraction of sp³-hybridized carbons (Fsp3) is 0.412. The second kappa shape index (κ2) is 10.1. The van der Waals surface area contributed by atoms with Gasteiger partial charge in [0, 0.05) is 12.7 Å². The van der Waals surface area contributed by atoms with Gasteiger partial charge in [-0.1, -0.05) is 16.8 Å². The van der Waals surface area contributed by atoms with Crippen molar-refractivity contribution in [2.45, 2.75) is 19.5 Å². The number of amides is 1. The monoisotopic (exact) mass is 481 g/mol. The van der Waals surface area contributed by atoms with Gasteiger partial charge in [-0.15, -0.1) is 0 Å². The third-order valence-corrected chi connectivity index (χ3v) is 5.72. The fourth-order valence-electron chi connectivity index (χ4n) is 2.51. The molecule has 2 heterocycles. The molecule has 0 unspecified atom stereocenters. The van der Waals surface area contributed by atoms with E-state index in [1.165, 1.54) is 17.1 Å². The summed E-state index contributed by atoms with van der Waals surface area (Å²) in [5.74, 6) is -3.11. The standard InChI is InChI=1S/C17H19ClF3N5O4S/c1-3-25(14-10-26(23-15(14)18)12-5-4-7-22-9-12)16(27)13(24-30-2)11-31(28,29)8-6-17(19,20)21/h4-5,7,9-10H,3,6,8,11H2,1-2H3/b24-13+. The van der Waals surface area contributed by atoms with E-state index in [0.29, 0.717) is 5.69 Å². The Kier molecular flexibility index (Phi) is 8.01. The van der Waals surface area contributed by atoms with Crippen molar-refractivity contribution in [1.29, 1.82) is 0 Å². The molecule has 0 spiro atoms. The van der Waals surface area contributed by atoms with E-state index in [1.807, 2.05) is 0 Å². The molecule has 2 aromatic rings. The molecule has 0 aliphatic heterocycles. The number of oxime groups is 1. The van der Waals surface area contributed by atoms with Crippen LogP contribution >= 0.6 is 11.6 Å². The first kappa shape index (κ1) is 24.6. The van der Waals surface area contributed by atoms with E-state index in [0.717, 1.165) is 12.0 Å². The van der Waals surface area contributed by atoms with Gasteiger partial charge in [-0.05, 0) is 19.1 Å². The number of alkyl halides is 3. The molecular weight excluding hydrogens is 463 g/mol. The normalized spacial score (nSPS) is 12.6. The Labute approximate surface area is 181 Å². The molecule has 31 heavy (non-hydrogen) atoms. The SMILES string of the molecule is CCN(C(=O)/C(CS(=O)(=O)CCC(F)(F)F)=N/OC)c1cn(-c2cccnc2)nc1Cl. The summed E-state index contributed by atoms with van der Waals surface area (Å²) < 4.78 is 62.8. The number of nitrogens with zero attached hydrogens (tertiary/aromatic N) is 5. The summed E-state index contributed by atoms with van der Waals surface area (Å²) in [4.78, 5) is 22.6. The Morgan fingerprint density at radius 1 is 1.39 bits per heavy atom. The summed E-state index contributed by atoms with van der Waals surface area (Å²) >= 11 is 6.17. The molecule has 0 saturated carbocycles. The van der Waals surface area contributed by atoms with Crippen molar-refractivity contribution >= 4 is 38.7 Å². The predicted molar refractivity (Wildman–Crippen MR) is 108 cm³/mol. The van der Waals surface area contributed by atoms with E-state index in [1.54, 1.807) is 25.3 Å².